The SMILES string of the molecule is COC(=O)/C=C(/Nc1c(Cl)cc(C(F)(F)F)c(Cl)c1Cl)C(=O)OC. The van der Waals surface area contributed by atoms with Crippen LogP contribution in [0.5, 0.6) is 0 Å². The van der Waals surface area contributed by atoms with Gasteiger partial charge in [0.2, 0.25) is 0 Å². The number of rotatable bonds is 4. The first-order valence-electron chi connectivity index (χ1n) is 5.92. The average Bonchev–Trinajstić information content (AvgIpc) is 2.51. The molecule has 0 amide bonds. The number of hydrogen-bond donors (Lipinski definition) is 1. The van der Waals surface area contributed by atoms with Gasteiger partial charge in [0.15, 0.2) is 0 Å². The van der Waals surface area contributed by atoms with E-state index < -0.39 is 44.4 Å². The minimum atomic E-state index is -4.78. The Labute approximate surface area is 149 Å². The Kier molecular flexibility index (Phi) is 6.76. The van der Waals surface area contributed by atoms with Crippen LogP contribution >= 0.6 is 34.8 Å². The fourth-order valence-electron chi connectivity index (χ4n) is 1.48. The number of methoxy groups -OCH3 is 2. The van der Waals surface area contributed by atoms with Gasteiger partial charge in [0.05, 0.1) is 46.6 Å². The van der Waals surface area contributed by atoms with Crippen LogP contribution in [0.3, 0.4) is 0 Å². The van der Waals surface area contributed by atoms with Crippen molar-refractivity contribution in [3.05, 3.63) is 38.5 Å². The second-order valence-electron chi connectivity index (χ2n) is 4.10. The van der Waals surface area contributed by atoms with Crippen molar-refractivity contribution in [2.45, 2.75) is 6.18 Å². The van der Waals surface area contributed by atoms with Crippen molar-refractivity contribution in [1.82, 2.24) is 0 Å². The van der Waals surface area contributed by atoms with Crippen molar-refractivity contribution in [2.75, 3.05) is 19.5 Å². The van der Waals surface area contributed by atoms with E-state index in [0.717, 1.165) is 14.2 Å². The van der Waals surface area contributed by atoms with E-state index in [1.54, 1.807) is 0 Å². The molecule has 11 heteroatoms. The number of esters is 2. The largest absolute Gasteiger partial charge is 0.466 e. The summed E-state index contributed by atoms with van der Waals surface area (Å²) < 4.78 is 47.3. The van der Waals surface area contributed by atoms with Crippen molar-refractivity contribution in [3.63, 3.8) is 0 Å². The molecule has 0 unspecified atom stereocenters. The summed E-state index contributed by atoms with van der Waals surface area (Å²) in [4.78, 5) is 22.9. The molecule has 0 aromatic heterocycles. The molecular formula is C13H9Cl3F3NO4. The summed E-state index contributed by atoms with van der Waals surface area (Å²) in [6.45, 7) is 0. The predicted molar refractivity (Wildman–Crippen MR) is 82.2 cm³/mol. The Bertz CT molecular complexity index is 705. The van der Waals surface area contributed by atoms with Crippen LogP contribution in [0.25, 0.3) is 0 Å². The van der Waals surface area contributed by atoms with Gasteiger partial charge in [-0.3, -0.25) is 0 Å². The summed E-state index contributed by atoms with van der Waals surface area (Å²) in [6, 6.07) is 0.533. The molecule has 0 aliphatic heterocycles. The van der Waals surface area contributed by atoms with Crippen molar-refractivity contribution in [1.29, 1.82) is 0 Å². The summed E-state index contributed by atoms with van der Waals surface area (Å²) in [5, 5.41) is 0.438. The van der Waals surface area contributed by atoms with E-state index in [1.807, 2.05) is 0 Å². The highest BCUT2D eigenvalue weighted by Gasteiger charge is 2.36. The predicted octanol–water partition coefficient (Wildman–Crippen LogP) is 4.31. The van der Waals surface area contributed by atoms with E-state index in [2.05, 4.69) is 14.8 Å². The molecule has 0 bridgehead atoms. The molecule has 0 atom stereocenters. The monoisotopic (exact) mass is 405 g/mol. The summed E-state index contributed by atoms with van der Waals surface area (Å²) in [6.07, 6.45) is -4.07. The highest BCUT2D eigenvalue weighted by Crippen LogP contribution is 2.45. The lowest BCUT2D eigenvalue weighted by Crippen LogP contribution is -2.16. The number of benzene rings is 1. The first-order chi connectivity index (χ1) is 11.0. The van der Waals surface area contributed by atoms with Crippen LogP contribution in [0.1, 0.15) is 5.56 Å². The number of anilines is 1. The molecule has 0 spiro atoms. The third-order valence-corrected chi connectivity index (χ3v) is 3.76. The molecule has 0 saturated heterocycles. The molecule has 0 saturated carbocycles. The smallest absolute Gasteiger partial charge is 0.417 e. The molecule has 132 valence electrons. The van der Waals surface area contributed by atoms with Crippen molar-refractivity contribution < 1.29 is 32.2 Å². The second kappa shape index (κ2) is 7.96. The molecule has 0 fully saturated rings. The number of carbonyl (C=O) groups excluding carboxylic acids is 2. The van der Waals surface area contributed by atoms with Crippen LogP contribution in [-0.4, -0.2) is 26.2 Å². The van der Waals surface area contributed by atoms with Gasteiger partial charge in [-0.1, -0.05) is 34.8 Å². The van der Waals surface area contributed by atoms with E-state index >= 15 is 0 Å². The number of hydrogen-bond acceptors (Lipinski definition) is 5. The number of nitrogens with one attached hydrogen (secondary N) is 1. The van der Waals surface area contributed by atoms with Crippen molar-refractivity contribution >= 4 is 52.4 Å². The zero-order chi connectivity index (χ0) is 18.7. The first kappa shape index (κ1) is 20.4. The normalized spacial score (nSPS) is 11.9. The molecule has 1 rings (SSSR count). The number of ether oxygens (including phenoxy) is 2. The van der Waals surface area contributed by atoms with Gasteiger partial charge in [-0.15, -0.1) is 0 Å². The average molecular weight is 407 g/mol. The van der Waals surface area contributed by atoms with Crippen LogP contribution in [0.2, 0.25) is 15.1 Å². The van der Waals surface area contributed by atoms with E-state index in [4.69, 9.17) is 34.8 Å². The molecule has 0 heterocycles. The Balaban J connectivity index is 3.41. The van der Waals surface area contributed by atoms with E-state index in [9.17, 15) is 22.8 Å². The molecular weight excluding hydrogens is 397 g/mol. The third kappa shape index (κ3) is 4.68. The van der Waals surface area contributed by atoms with Gasteiger partial charge in [-0.25, -0.2) is 9.59 Å². The number of halogens is 6. The van der Waals surface area contributed by atoms with E-state index in [-0.39, 0.29) is 5.69 Å². The van der Waals surface area contributed by atoms with Crippen LogP contribution in [0, 0.1) is 0 Å². The lowest BCUT2D eigenvalue weighted by atomic mass is 10.2. The molecule has 0 radical (unpaired) electrons. The fourth-order valence-corrected chi connectivity index (χ4v) is 2.29. The van der Waals surface area contributed by atoms with E-state index in [0.29, 0.717) is 12.1 Å². The molecule has 0 aliphatic rings. The molecule has 1 aromatic carbocycles. The fraction of sp³-hybridized carbons (Fsp3) is 0.231. The Hall–Kier alpha value is -1.64. The minimum absolute atomic E-state index is 0.308. The maximum atomic E-state index is 12.8. The molecule has 5 nitrogen and oxygen atoms in total. The summed E-state index contributed by atoms with van der Waals surface area (Å²) in [5.74, 6) is -1.93. The van der Waals surface area contributed by atoms with Gasteiger partial charge in [0.25, 0.3) is 0 Å². The van der Waals surface area contributed by atoms with Gasteiger partial charge in [0, 0.05) is 0 Å². The van der Waals surface area contributed by atoms with Gasteiger partial charge in [0.1, 0.15) is 5.70 Å². The maximum Gasteiger partial charge on any atom is 0.417 e. The third-order valence-electron chi connectivity index (χ3n) is 2.59. The quantitative estimate of drug-likeness (QED) is 0.459. The minimum Gasteiger partial charge on any atom is -0.466 e. The topological polar surface area (TPSA) is 64.6 Å². The molecule has 0 aliphatic carbocycles. The van der Waals surface area contributed by atoms with E-state index in [1.165, 1.54) is 0 Å². The first-order valence-corrected chi connectivity index (χ1v) is 7.06. The van der Waals surface area contributed by atoms with Gasteiger partial charge >= 0.3 is 18.1 Å². The summed E-state index contributed by atoms with van der Waals surface area (Å²) >= 11 is 17.2. The van der Waals surface area contributed by atoms with Crippen molar-refractivity contribution in [2.24, 2.45) is 0 Å². The van der Waals surface area contributed by atoms with Gasteiger partial charge in [-0.2, -0.15) is 13.2 Å². The van der Waals surface area contributed by atoms with Crippen molar-refractivity contribution in [3.8, 4) is 0 Å². The highest BCUT2D eigenvalue weighted by atomic mass is 35.5. The molecule has 1 N–H and O–H groups in total. The molecule has 1 aromatic rings. The van der Waals surface area contributed by atoms with Crippen LogP contribution in [0.15, 0.2) is 17.8 Å². The lowest BCUT2D eigenvalue weighted by Gasteiger charge is -2.16. The second-order valence-corrected chi connectivity index (χ2v) is 5.27. The van der Waals surface area contributed by atoms with Crippen LogP contribution < -0.4 is 5.32 Å². The highest BCUT2D eigenvalue weighted by molar-refractivity contribution is 6.46. The van der Waals surface area contributed by atoms with Crippen LogP contribution in [-0.2, 0) is 25.2 Å². The number of alkyl halides is 3. The molecule has 24 heavy (non-hydrogen) atoms. The van der Waals surface area contributed by atoms with Gasteiger partial charge < -0.3 is 14.8 Å². The zero-order valence-corrected chi connectivity index (χ0v) is 14.3. The number of carbonyl (C=O) groups is 2. The standard InChI is InChI=1S/C13H9Cl3F3NO4/c1-23-8(21)4-7(12(22)24-2)20-11-6(14)3-5(13(17,18)19)9(15)10(11)16/h3-4,20H,1-2H3/b7-4+. The summed E-state index contributed by atoms with van der Waals surface area (Å²) in [7, 11) is 2.08. The summed E-state index contributed by atoms with van der Waals surface area (Å²) in [5.41, 5.74) is -2.03. The van der Waals surface area contributed by atoms with Gasteiger partial charge in [-0.05, 0) is 6.07 Å². The maximum absolute atomic E-state index is 12.8. The Morgan fingerprint density at radius 3 is 2.17 bits per heavy atom. The van der Waals surface area contributed by atoms with Crippen LogP contribution in [0.4, 0.5) is 18.9 Å². The Morgan fingerprint density at radius 1 is 1.12 bits per heavy atom. The zero-order valence-electron chi connectivity index (χ0n) is 12.1. The lowest BCUT2D eigenvalue weighted by molar-refractivity contribution is -0.138. The Morgan fingerprint density at radius 2 is 1.71 bits per heavy atom.